The molecule has 7 heteroatoms. The molecule has 0 aliphatic carbocycles. The van der Waals surface area contributed by atoms with Crippen LogP contribution in [-0.4, -0.2) is 24.2 Å². The second-order valence-electron chi connectivity index (χ2n) is 3.06. The Labute approximate surface area is 113 Å². The van der Waals surface area contributed by atoms with Gasteiger partial charge in [0, 0.05) is 28.2 Å². The lowest BCUT2D eigenvalue weighted by Gasteiger charge is -2.06. The van der Waals surface area contributed by atoms with Crippen LogP contribution in [0.3, 0.4) is 0 Å². The van der Waals surface area contributed by atoms with E-state index in [0.717, 1.165) is 0 Å². The third-order valence-corrected chi connectivity index (χ3v) is 2.33. The summed E-state index contributed by atoms with van der Waals surface area (Å²) in [5, 5.41) is 5.44. The molecule has 4 nitrogen and oxygen atoms in total. The van der Waals surface area contributed by atoms with Gasteiger partial charge in [-0.1, -0.05) is 23.2 Å². The molecule has 1 rings (SSSR count). The molecule has 0 aliphatic rings. The smallest absolute Gasteiger partial charge is 0.313 e. The van der Waals surface area contributed by atoms with Crippen LogP contribution < -0.4 is 10.6 Å². The van der Waals surface area contributed by atoms with E-state index in [1.807, 2.05) is 0 Å². The summed E-state index contributed by atoms with van der Waals surface area (Å²) in [6.07, 6.45) is 0. The quantitative estimate of drug-likeness (QED) is 0.664. The van der Waals surface area contributed by atoms with E-state index in [1.165, 1.54) is 18.2 Å². The van der Waals surface area contributed by atoms with Gasteiger partial charge in [0.2, 0.25) is 0 Å². The molecular formula is C10H9Cl3N2O2. The Balaban J connectivity index is 2.64. The van der Waals surface area contributed by atoms with Crippen molar-refractivity contribution >= 4 is 52.3 Å². The summed E-state index contributed by atoms with van der Waals surface area (Å²) in [7, 11) is 0. The largest absolute Gasteiger partial charge is 0.347 e. The number of hydrogen-bond donors (Lipinski definition) is 2. The fraction of sp³-hybridized carbons (Fsp3) is 0.200. The van der Waals surface area contributed by atoms with Crippen LogP contribution in [0, 0.1) is 0 Å². The maximum Gasteiger partial charge on any atom is 0.313 e. The molecule has 0 fully saturated rings. The molecule has 2 N–H and O–H groups in total. The molecule has 0 spiro atoms. The lowest BCUT2D eigenvalue weighted by Crippen LogP contribution is -2.36. The first-order valence-corrected chi connectivity index (χ1v) is 5.93. The summed E-state index contributed by atoms with van der Waals surface area (Å²) < 4.78 is 0. The number of carbonyl (C=O) groups is 2. The zero-order valence-electron chi connectivity index (χ0n) is 8.60. The van der Waals surface area contributed by atoms with Crippen LogP contribution in [0.5, 0.6) is 0 Å². The highest BCUT2D eigenvalue weighted by atomic mass is 35.5. The van der Waals surface area contributed by atoms with Crippen molar-refractivity contribution in [1.29, 1.82) is 0 Å². The summed E-state index contributed by atoms with van der Waals surface area (Å²) >= 11 is 16.9. The minimum absolute atomic E-state index is 0.226. The molecule has 0 heterocycles. The molecule has 1 aromatic carbocycles. The maximum atomic E-state index is 11.4. The van der Waals surface area contributed by atoms with Gasteiger partial charge in [-0.25, -0.2) is 0 Å². The van der Waals surface area contributed by atoms with E-state index in [9.17, 15) is 9.59 Å². The lowest BCUT2D eigenvalue weighted by molar-refractivity contribution is -0.136. The first-order chi connectivity index (χ1) is 8.02. The molecule has 0 unspecified atom stereocenters. The summed E-state index contributed by atoms with van der Waals surface area (Å²) in [4.78, 5) is 22.6. The normalized spacial score (nSPS) is 9.82. The number of rotatable bonds is 3. The molecule has 2 amide bonds. The van der Waals surface area contributed by atoms with Crippen molar-refractivity contribution in [3.8, 4) is 0 Å². The Morgan fingerprint density at radius 2 is 1.65 bits per heavy atom. The number of alkyl halides is 1. The Morgan fingerprint density at radius 3 is 2.18 bits per heavy atom. The zero-order valence-corrected chi connectivity index (χ0v) is 10.9. The van der Waals surface area contributed by atoms with Gasteiger partial charge >= 0.3 is 11.8 Å². The van der Waals surface area contributed by atoms with Gasteiger partial charge in [-0.15, -0.1) is 11.6 Å². The fourth-order valence-corrected chi connectivity index (χ4v) is 1.68. The Kier molecular flexibility index (Phi) is 5.55. The highest BCUT2D eigenvalue weighted by molar-refractivity contribution is 6.40. The number of benzene rings is 1. The van der Waals surface area contributed by atoms with Crippen molar-refractivity contribution in [2.75, 3.05) is 17.7 Å². The van der Waals surface area contributed by atoms with E-state index in [-0.39, 0.29) is 12.4 Å². The van der Waals surface area contributed by atoms with Gasteiger partial charge in [-0.05, 0) is 18.2 Å². The Bertz CT molecular complexity index is 417. The van der Waals surface area contributed by atoms with Crippen LogP contribution >= 0.6 is 34.8 Å². The third kappa shape index (κ3) is 4.81. The van der Waals surface area contributed by atoms with Crippen molar-refractivity contribution in [3.05, 3.63) is 28.2 Å². The summed E-state index contributed by atoms with van der Waals surface area (Å²) in [5.41, 5.74) is 0.355. The molecule has 0 bridgehead atoms. The second kappa shape index (κ2) is 6.69. The van der Waals surface area contributed by atoms with Crippen molar-refractivity contribution in [2.24, 2.45) is 0 Å². The van der Waals surface area contributed by atoms with Crippen LogP contribution in [0.15, 0.2) is 18.2 Å². The first-order valence-electron chi connectivity index (χ1n) is 4.64. The molecule has 0 saturated heterocycles. The average molecular weight is 296 g/mol. The maximum absolute atomic E-state index is 11.4. The van der Waals surface area contributed by atoms with Gasteiger partial charge in [0.25, 0.3) is 0 Å². The van der Waals surface area contributed by atoms with E-state index in [2.05, 4.69) is 10.6 Å². The first kappa shape index (κ1) is 14.1. The highest BCUT2D eigenvalue weighted by Gasteiger charge is 2.13. The Morgan fingerprint density at radius 1 is 1.06 bits per heavy atom. The van der Waals surface area contributed by atoms with Crippen LogP contribution in [0.4, 0.5) is 5.69 Å². The number of anilines is 1. The van der Waals surface area contributed by atoms with Gasteiger partial charge in [0.15, 0.2) is 0 Å². The average Bonchev–Trinajstić information content (AvgIpc) is 2.24. The molecular weight excluding hydrogens is 286 g/mol. The van der Waals surface area contributed by atoms with Crippen molar-refractivity contribution in [3.63, 3.8) is 0 Å². The minimum Gasteiger partial charge on any atom is -0.347 e. The van der Waals surface area contributed by atoms with E-state index in [1.54, 1.807) is 0 Å². The topological polar surface area (TPSA) is 58.2 Å². The molecule has 0 radical (unpaired) electrons. The van der Waals surface area contributed by atoms with Crippen LogP contribution in [0.25, 0.3) is 0 Å². The molecule has 0 aromatic heterocycles. The number of halogens is 3. The Hall–Kier alpha value is -0.970. The standard InChI is InChI=1S/C10H9Cl3N2O2/c11-1-2-14-9(16)10(17)15-8-4-6(12)3-7(13)5-8/h3-5H,1-2H2,(H,14,16)(H,15,17). The van der Waals surface area contributed by atoms with Gasteiger partial charge in [0.1, 0.15) is 0 Å². The highest BCUT2D eigenvalue weighted by Crippen LogP contribution is 2.22. The lowest BCUT2D eigenvalue weighted by atomic mass is 10.3. The monoisotopic (exact) mass is 294 g/mol. The van der Waals surface area contributed by atoms with E-state index in [4.69, 9.17) is 34.8 Å². The molecule has 0 atom stereocenters. The van der Waals surface area contributed by atoms with Crippen LogP contribution in [-0.2, 0) is 9.59 Å². The van der Waals surface area contributed by atoms with Crippen LogP contribution in [0.2, 0.25) is 10.0 Å². The molecule has 0 saturated carbocycles. The number of amides is 2. The zero-order chi connectivity index (χ0) is 12.8. The van der Waals surface area contributed by atoms with Gasteiger partial charge in [0.05, 0.1) is 0 Å². The number of carbonyl (C=O) groups excluding carboxylic acids is 2. The van der Waals surface area contributed by atoms with Gasteiger partial charge < -0.3 is 10.6 Å². The van der Waals surface area contributed by atoms with E-state index in [0.29, 0.717) is 15.7 Å². The summed E-state index contributed by atoms with van der Waals surface area (Å²) in [5.74, 6) is -1.32. The van der Waals surface area contributed by atoms with Gasteiger partial charge in [-0.2, -0.15) is 0 Å². The molecule has 17 heavy (non-hydrogen) atoms. The van der Waals surface area contributed by atoms with E-state index < -0.39 is 11.8 Å². The molecule has 92 valence electrons. The predicted octanol–water partition coefficient (Wildman–Crippen LogP) is 2.29. The number of hydrogen-bond acceptors (Lipinski definition) is 2. The van der Waals surface area contributed by atoms with Crippen molar-refractivity contribution in [1.82, 2.24) is 5.32 Å². The minimum atomic E-state index is -0.798. The predicted molar refractivity (Wildman–Crippen MR) is 68.8 cm³/mol. The van der Waals surface area contributed by atoms with E-state index >= 15 is 0 Å². The molecule has 0 aliphatic heterocycles. The van der Waals surface area contributed by atoms with Crippen molar-refractivity contribution in [2.45, 2.75) is 0 Å². The molecule has 1 aromatic rings. The number of nitrogens with one attached hydrogen (secondary N) is 2. The summed E-state index contributed by atoms with van der Waals surface area (Å²) in [6, 6.07) is 4.49. The SMILES string of the molecule is O=C(NCCCl)C(=O)Nc1cc(Cl)cc(Cl)c1. The fourth-order valence-electron chi connectivity index (χ4n) is 1.05. The van der Waals surface area contributed by atoms with Gasteiger partial charge in [-0.3, -0.25) is 9.59 Å². The summed E-state index contributed by atoms with van der Waals surface area (Å²) in [6.45, 7) is 0.226. The second-order valence-corrected chi connectivity index (χ2v) is 4.31. The van der Waals surface area contributed by atoms with Crippen molar-refractivity contribution < 1.29 is 9.59 Å². The third-order valence-electron chi connectivity index (χ3n) is 1.71. The van der Waals surface area contributed by atoms with Crippen LogP contribution in [0.1, 0.15) is 0 Å².